The van der Waals surface area contributed by atoms with Gasteiger partial charge in [-0.15, -0.1) is 0 Å². The van der Waals surface area contributed by atoms with E-state index in [1.165, 1.54) is 13.0 Å². The molecule has 0 bridgehead atoms. The topological polar surface area (TPSA) is 105 Å². The molecule has 0 aromatic heterocycles. The molecule has 0 radical (unpaired) electrons. The van der Waals surface area contributed by atoms with Crippen LogP contribution < -0.4 is 10.6 Å². The van der Waals surface area contributed by atoms with E-state index in [4.69, 9.17) is 9.84 Å². The molecule has 2 aromatic carbocycles. The monoisotopic (exact) mass is 450 g/mol. The lowest BCUT2D eigenvalue weighted by atomic mass is 9.98. The van der Waals surface area contributed by atoms with Crippen LogP contribution in [0.3, 0.4) is 0 Å². The highest BCUT2D eigenvalue weighted by atomic mass is 16.5. The smallest absolute Gasteiger partial charge is 0.407 e. The summed E-state index contributed by atoms with van der Waals surface area (Å²) in [5.74, 6) is -1.62. The van der Waals surface area contributed by atoms with E-state index >= 15 is 0 Å². The second-order valence-corrected chi connectivity index (χ2v) is 8.27. The van der Waals surface area contributed by atoms with Gasteiger partial charge >= 0.3 is 12.1 Å². The summed E-state index contributed by atoms with van der Waals surface area (Å²) in [5.41, 5.74) is 4.65. The molecule has 3 rings (SSSR count). The van der Waals surface area contributed by atoms with Gasteiger partial charge in [0.2, 0.25) is 5.91 Å². The minimum Gasteiger partial charge on any atom is -0.478 e. The maximum Gasteiger partial charge on any atom is 0.407 e. The number of benzene rings is 2. The lowest BCUT2D eigenvalue weighted by Gasteiger charge is -2.23. The molecule has 2 amide bonds. The molecule has 2 aromatic rings. The van der Waals surface area contributed by atoms with Crippen molar-refractivity contribution in [3.05, 3.63) is 71.3 Å². The van der Waals surface area contributed by atoms with Crippen molar-refractivity contribution in [3.63, 3.8) is 0 Å². The number of hydrogen-bond acceptors (Lipinski definition) is 4. The lowest BCUT2D eigenvalue weighted by Crippen LogP contribution is -2.50. The van der Waals surface area contributed by atoms with E-state index in [-0.39, 0.29) is 36.5 Å². The van der Waals surface area contributed by atoms with Gasteiger partial charge in [-0.2, -0.15) is 0 Å². The average molecular weight is 451 g/mol. The third-order valence-corrected chi connectivity index (χ3v) is 6.13. The maximum atomic E-state index is 12.7. The SMILES string of the molecule is CC[C@H](C)[C@H](NC(=O)OCC1c2ccccc2-c2ccccc21)C(=O)NC/C=C(\C)C(=O)O. The Labute approximate surface area is 193 Å². The fourth-order valence-corrected chi connectivity index (χ4v) is 3.97. The summed E-state index contributed by atoms with van der Waals surface area (Å²) < 4.78 is 5.57. The first-order valence-corrected chi connectivity index (χ1v) is 11.1. The van der Waals surface area contributed by atoms with Crippen LogP contribution in [0, 0.1) is 5.92 Å². The summed E-state index contributed by atoms with van der Waals surface area (Å²) in [6.45, 7) is 5.48. The molecule has 2 atom stereocenters. The van der Waals surface area contributed by atoms with Crippen molar-refractivity contribution in [2.24, 2.45) is 5.92 Å². The highest BCUT2D eigenvalue weighted by Gasteiger charge is 2.30. The van der Waals surface area contributed by atoms with E-state index < -0.39 is 18.1 Å². The Morgan fingerprint density at radius 3 is 2.18 bits per heavy atom. The van der Waals surface area contributed by atoms with Crippen LogP contribution in [0.5, 0.6) is 0 Å². The molecular weight excluding hydrogens is 420 g/mol. The first-order valence-electron chi connectivity index (χ1n) is 11.1. The molecule has 0 unspecified atom stereocenters. The van der Waals surface area contributed by atoms with Gasteiger partial charge in [0.25, 0.3) is 0 Å². The predicted molar refractivity (Wildman–Crippen MR) is 126 cm³/mol. The van der Waals surface area contributed by atoms with Crippen LogP contribution in [0.1, 0.15) is 44.2 Å². The van der Waals surface area contributed by atoms with Gasteiger partial charge in [0.1, 0.15) is 12.6 Å². The standard InChI is InChI=1S/C26H30N2O5/c1-4-16(2)23(24(29)27-14-13-17(3)25(30)31)28-26(32)33-15-22-20-11-7-5-9-18(20)19-10-6-8-12-21(19)22/h5-13,16,22-23H,4,14-15H2,1-3H3,(H,27,29)(H,28,32)(H,30,31)/b17-13+/t16-,23-/m0/s1. The molecule has 0 saturated heterocycles. The van der Waals surface area contributed by atoms with E-state index in [0.717, 1.165) is 22.3 Å². The maximum absolute atomic E-state index is 12.7. The van der Waals surface area contributed by atoms with Gasteiger partial charge in [0, 0.05) is 18.0 Å². The number of carbonyl (C=O) groups is 3. The summed E-state index contributed by atoms with van der Waals surface area (Å²) >= 11 is 0. The van der Waals surface area contributed by atoms with Gasteiger partial charge in [-0.05, 0) is 35.1 Å². The van der Waals surface area contributed by atoms with E-state index in [1.54, 1.807) is 0 Å². The summed E-state index contributed by atoms with van der Waals surface area (Å²) in [5, 5.41) is 14.3. The molecule has 33 heavy (non-hydrogen) atoms. The zero-order valence-electron chi connectivity index (χ0n) is 19.1. The minimum atomic E-state index is -1.04. The number of carbonyl (C=O) groups excluding carboxylic acids is 2. The summed E-state index contributed by atoms with van der Waals surface area (Å²) in [7, 11) is 0. The van der Waals surface area contributed by atoms with E-state index in [2.05, 4.69) is 22.8 Å². The molecule has 174 valence electrons. The largest absolute Gasteiger partial charge is 0.478 e. The predicted octanol–water partition coefficient (Wildman–Crippen LogP) is 4.09. The van der Waals surface area contributed by atoms with Gasteiger partial charge in [-0.3, -0.25) is 4.79 Å². The van der Waals surface area contributed by atoms with Crippen LogP contribution in [-0.2, 0) is 14.3 Å². The molecule has 7 heteroatoms. The Hall–Kier alpha value is -3.61. The Morgan fingerprint density at radius 1 is 1.06 bits per heavy atom. The van der Waals surface area contributed by atoms with Crippen molar-refractivity contribution in [2.45, 2.75) is 39.2 Å². The number of fused-ring (bicyclic) bond motifs is 3. The van der Waals surface area contributed by atoms with Crippen molar-refractivity contribution < 1.29 is 24.2 Å². The molecule has 0 saturated carbocycles. The van der Waals surface area contributed by atoms with Crippen molar-refractivity contribution in [1.29, 1.82) is 0 Å². The molecule has 0 fully saturated rings. The molecule has 1 aliphatic rings. The van der Waals surface area contributed by atoms with Crippen LogP contribution in [0.25, 0.3) is 11.1 Å². The Balaban J connectivity index is 1.64. The normalized spacial score (nSPS) is 14.6. The number of amides is 2. The highest BCUT2D eigenvalue weighted by Crippen LogP contribution is 2.44. The number of rotatable bonds is 9. The van der Waals surface area contributed by atoms with E-state index in [9.17, 15) is 14.4 Å². The third kappa shape index (κ3) is 5.61. The molecule has 0 aliphatic heterocycles. The first-order chi connectivity index (χ1) is 15.8. The quantitative estimate of drug-likeness (QED) is 0.499. The van der Waals surface area contributed by atoms with Gasteiger partial charge in [-0.1, -0.05) is 74.9 Å². The van der Waals surface area contributed by atoms with Crippen LogP contribution >= 0.6 is 0 Å². The zero-order chi connectivity index (χ0) is 24.0. The van der Waals surface area contributed by atoms with Crippen molar-refractivity contribution in [1.82, 2.24) is 10.6 Å². The second-order valence-electron chi connectivity index (χ2n) is 8.27. The molecule has 3 N–H and O–H groups in total. The fourth-order valence-electron chi connectivity index (χ4n) is 3.97. The molecule has 7 nitrogen and oxygen atoms in total. The van der Waals surface area contributed by atoms with Gasteiger partial charge < -0.3 is 20.5 Å². The highest BCUT2D eigenvalue weighted by molar-refractivity contribution is 5.87. The molecule has 0 heterocycles. The summed E-state index contributed by atoms with van der Waals surface area (Å²) in [4.78, 5) is 36.2. The van der Waals surface area contributed by atoms with E-state index in [0.29, 0.717) is 6.42 Å². The lowest BCUT2D eigenvalue weighted by molar-refractivity contribution is -0.132. The number of ether oxygens (including phenoxy) is 1. The van der Waals surface area contributed by atoms with Gasteiger partial charge in [0.15, 0.2) is 0 Å². The minimum absolute atomic E-state index is 0.0657. The Morgan fingerprint density at radius 2 is 1.64 bits per heavy atom. The molecular formula is C26H30N2O5. The Kier molecular flexibility index (Phi) is 7.87. The van der Waals surface area contributed by atoms with Gasteiger partial charge in [0.05, 0.1) is 0 Å². The average Bonchev–Trinajstić information content (AvgIpc) is 3.14. The number of carboxylic acids is 1. The second kappa shape index (κ2) is 10.8. The third-order valence-electron chi connectivity index (χ3n) is 6.13. The van der Waals surface area contributed by atoms with Crippen molar-refractivity contribution in [3.8, 4) is 11.1 Å². The van der Waals surface area contributed by atoms with Crippen LogP contribution in [0.4, 0.5) is 4.79 Å². The van der Waals surface area contributed by atoms with Crippen LogP contribution in [-0.4, -0.2) is 42.3 Å². The van der Waals surface area contributed by atoms with E-state index in [1.807, 2.05) is 50.2 Å². The van der Waals surface area contributed by atoms with Crippen LogP contribution in [0.15, 0.2) is 60.2 Å². The fraction of sp³-hybridized carbons (Fsp3) is 0.346. The molecule has 0 spiro atoms. The number of aliphatic carboxylic acids is 1. The van der Waals surface area contributed by atoms with Gasteiger partial charge in [-0.25, -0.2) is 9.59 Å². The zero-order valence-corrected chi connectivity index (χ0v) is 19.1. The summed E-state index contributed by atoms with van der Waals surface area (Å²) in [6, 6.07) is 15.4. The van der Waals surface area contributed by atoms with Crippen molar-refractivity contribution >= 4 is 18.0 Å². The van der Waals surface area contributed by atoms with Crippen molar-refractivity contribution in [2.75, 3.05) is 13.2 Å². The number of carboxylic acid groups (broad SMARTS) is 1. The van der Waals surface area contributed by atoms with Crippen LogP contribution in [0.2, 0.25) is 0 Å². The summed E-state index contributed by atoms with van der Waals surface area (Å²) in [6.07, 6.45) is 1.43. The number of nitrogens with one attached hydrogen (secondary N) is 2. The first kappa shape index (κ1) is 24.0. The Bertz CT molecular complexity index is 1020. The molecule has 1 aliphatic carbocycles. The number of alkyl carbamates (subject to hydrolysis) is 1. The number of hydrogen-bond donors (Lipinski definition) is 3.